The molecule has 2 aliphatic rings. The summed E-state index contributed by atoms with van der Waals surface area (Å²) in [6.07, 6.45) is 29.7. The van der Waals surface area contributed by atoms with E-state index in [-0.39, 0.29) is 24.3 Å². The van der Waals surface area contributed by atoms with Crippen LogP contribution < -0.4 is 0 Å². The van der Waals surface area contributed by atoms with Crippen LogP contribution in [0.25, 0.3) is 0 Å². The number of aliphatic hydroxyl groups excluding tert-OH is 2. The van der Waals surface area contributed by atoms with Crippen molar-refractivity contribution in [3.8, 4) is 0 Å². The Hall–Kier alpha value is -1.50. The molecule has 2 N–H and O–H groups in total. The number of hydrogen-bond donors (Lipinski definition) is 2. The van der Waals surface area contributed by atoms with Gasteiger partial charge in [0.05, 0.1) is 24.4 Å². The summed E-state index contributed by atoms with van der Waals surface area (Å²) < 4.78 is 11.2. The molecule has 0 unspecified atom stereocenters. The summed E-state index contributed by atoms with van der Waals surface area (Å²) in [6.45, 7) is 4.07. The molecule has 248 valence electrons. The van der Waals surface area contributed by atoms with Gasteiger partial charge < -0.3 is 19.7 Å². The van der Waals surface area contributed by atoms with E-state index in [9.17, 15) is 19.8 Å². The first-order chi connectivity index (χ1) is 20.9. The normalized spacial score (nSPS) is 21.8. The number of rotatable bonds is 27. The SMILES string of the molecule is CCCCCC(=O)CCCC/C=C/[C@@H](O)[C@H]1CC[C@H]([C@H](O)CCCCCCCCCCCCCCC2=C[C@H](C)OC2=O)O1. The Morgan fingerprint density at radius 1 is 0.837 bits per heavy atom. The molecule has 0 saturated carbocycles. The number of Topliss-reactive ketones (excluding diaryl/α,β-unsaturated/α-hetero) is 1. The fourth-order valence-electron chi connectivity index (χ4n) is 6.30. The van der Waals surface area contributed by atoms with E-state index in [0.29, 0.717) is 12.2 Å². The average Bonchev–Trinajstić information content (AvgIpc) is 3.61. The van der Waals surface area contributed by atoms with E-state index < -0.39 is 12.2 Å². The lowest BCUT2D eigenvalue weighted by Gasteiger charge is -2.20. The second-order valence-corrected chi connectivity index (χ2v) is 13.1. The van der Waals surface area contributed by atoms with E-state index in [4.69, 9.17) is 9.47 Å². The molecular formula is C37H64O6. The van der Waals surface area contributed by atoms with Crippen molar-refractivity contribution in [1.29, 1.82) is 0 Å². The van der Waals surface area contributed by atoms with Gasteiger partial charge in [0.15, 0.2) is 0 Å². The van der Waals surface area contributed by atoms with Crippen LogP contribution in [-0.2, 0) is 19.1 Å². The molecule has 0 radical (unpaired) electrons. The number of hydrogen-bond acceptors (Lipinski definition) is 6. The van der Waals surface area contributed by atoms with Gasteiger partial charge in [-0.1, -0.05) is 103 Å². The van der Waals surface area contributed by atoms with E-state index in [0.717, 1.165) is 95.5 Å². The summed E-state index contributed by atoms with van der Waals surface area (Å²) in [7, 11) is 0. The number of carbonyl (C=O) groups excluding carboxylic acids is 2. The Kier molecular flexibility index (Phi) is 20.9. The van der Waals surface area contributed by atoms with E-state index in [1.807, 2.05) is 25.2 Å². The fourth-order valence-corrected chi connectivity index (χ4v) is 6.30. The summed E-state index contributed by atoms with van der Waals surface area (Å²) in [4.78, 5) is 23.4. The van der Waals surface area contributed by atoms with Gasteiger partial charge in [-0.05, 0) is 70.8 Å². The molecule has 1 saturated heterocycles. The van der Waals surface area contributed by atoms with E-state index in [1.54, 1.807) is 0 Å². The first kappa shape index (κ1) is 37.7. The molecule has 2 heterocycles. The lowest BCUT2D eigenvalue weighted by molar-refractivity contribution is -0.139. The maximum absolute atomic E-state index is 11.8. The molecule has 2 aliphatic heterocycles. The number of allylic oxidation sites excluding steroid dienone is 1. The third-order valence-corrected chi connectivity index (χ3v) is 9.05. The largest absolute Gasteiger partial charge is 0.455 e. The summed E-state index contributed by atoms with van der Waals surface area (Å²) in [6, 6.07) is 0. The monoisotopic (exact) mass is 604 g/mol. The predicted octanol–water partition coefficient (Wildman–Crippen LogP) is 8.85. The highest BCUT2D eigenvalue weighted by molar-refractivity contribution is 5.90. The van der Waals surface area contributed by atoms with Gasteiger partial charge in [-0.25, -0.2) is 4.79 Å². The van der Waals surface area contributed by atoms with Gasteiger partial charge in [-0.3, -0.25) is 4.79 Å². The van der Waals surface area contributed by atoms with Crippen LogP contribution >= 0.6 is 0 Å². The smallest absolute Gasteiger partial charge is 0.334 e. The van der Waals surface area contributed by atoms with Crippen LogP contribution in [0.5, 0.6) is 0 Å². The Bertz CT molecular complexity index is 805. The molecule has 0 amide bonds. The molecule has 6 nitrogen and oxygen atoms in total. The predicted molar refractivity (Wildman–Crippen MR) is 175 cm³/mol. The molecule has 2 rings (SSSR count). The number of carbonyl (C=O) groups is 2. The third kappa shape index (κ3) is 17.5. The molecule has 1 fully saturated rings. The van der Waals surface area contributed by atoms with Crippen LogP contribution in [-0.4, -0.2) is 52.5 Å². The Morgan fingerprint density at radius 2 is 1.42 bits per heavy atom. The van der Waals surface area contributed by atoms with Crippen molar-refractivity contribution in [2.45, 2.75) is 198 Å². The van der Waals surface area contributed by atoms with Crippen LogP contribution in [0.15, 0.2) is 23.8 Å². The Labute approximate surface area is 263 Å². The number of cyclic esters (lactones) is 1. The van der Waals surface area contributed by atoms with Gasteiger partial charge in [-0.15, -0.1) is 0 Å². The van der Waals surface area contributed by atoms with Gasteiger partial charge >= 0.3 is 5.97 Å². The minimum Gasteiger partial charge on any atom is -0.455 e. The van der Waals surface area contributed by atoms with Gasteiger partial charge in [0.1, 0.15) is 11.9 Å². The minimum absolute atomic E-state index is 0.0470. The Morgan fingerprint density at radius 3 is 2.02 bits per heavy atom. The van der Waals surface area contributed by atoms with Crippen molar-refractivity contribution >= 4 is 11.8 Å². The van der Waals surface area contributed by atoms with Crippen molar-refractivity contribution in [1.82, 2.24) is 0 Å². The zero-order valence-corrected chi connectivity index (χ0v) is 27.6. The van der Waals surface area contributed by atoms with Crippen LogP contribution in [0.2, 0.25) is 0 Å². The lowest BCUT2D eigenvalue weighted by Crippen LogP contribution is -2.30. The summed E-state index contributed by atoms with van der Waals surface area (Å²) in [5, 5.41) is 21.1. The van der Waals surface area contributed by atoms with Crippen molar-refractivity contribution in [2.75, 3.05) is 0 Å². The molecule has 0 aliphatic carbocycles. The molecular weight excluding hydrogens is 540 g/mol. The first-order valence-electron chi connectivity index (χ1n) is 18.0. The molecule has 0 bridgehead atoms. The Balaban J connectivity index is 1.36. The quantitative estimate of drug-likeness (QED) is 0.0553. The molecule has 0 spiro atoms. The summed E-state index contributed by atoms with van der Waals surface area (Å²) in [5.74, 6) is 0.262. The molecule has 0 aromatic heterocycles. The molecule has 5 atom stereocenters. The number of aliphatic hydroxyl groups is 2. The highest BCUT2D eigenvalue weighted by atomic mass is 16.5. The summed E-state index contributed by atoms with van der Waals surface area (Å²) >= 11 is 0. The molecule has 43 heavy (non-hydrogen) atoms. The number of esters is 1. The second-order valence-electron chi connectivity index (χ2n) is 13.1. The topological polar surface area (TPSA) is 93.1 Å². The van der Waals surface area contributed by atoms with Gasteiger partial charge in [0, 0.05) is 18.4 Å². The van der Waals surface area contributed by atoms with Crippen molar-refractivity contribution < 1.29 is 29.3 Å². The average molecular weight is 605 g/mol. The van der Waals surface area contributed by atoms with Crippen LogP contribution in [0.4, 0.5) is 0 Å². The summed E-state index contributed by atoms with van der Waals surface area (Å²) in [5.41, 5.74) is 0.868. The van der Waals surface area contributed by atoms with E-state index >= 15 is 0 Å². The van der Waals surface area contributed by atoms with Gasteiger partial charge in [0.25, 0.3) is 0 Å². The standard InChI is InChI=1S/C37H64O6/c1-3-4-17-23-32(38)24-19-15-16-21-26-34(40)36-28-27-35(43-36)33(39)25-20-14-12-10-8-6-5-7-9-11-13-18-22-31-29-30(2)42-37(31)41/h21,26,29-30,33-36,39-40H,3-20,22-25,27-28H2,1-2H3/b26-21+/t30-,33+,34+,35+,36+/m0/s1. The zero-order valence-electron chi connectivity index (χ0n) is 27.6. The maximum atomic E-state index is 11.8. The van der Waals surface area contributed by atoms with Crippen molar-refractivity contribution in [2.24, 2.45) is 0 Å². The molecule has 0 aromatic carbocycles. The van der Waals surface area contributed by atoms with E-state index in [2.05, 4.69) is 6.92 Å². The molecule has 6 heteroatoms. The molecule has 0 aromatic rings. The number of ketones is 1. The van der Waals surface area contributed by atoms with Gasteiger partial charge in [-0.2, -0.15) is 0 Å². The highest BCUT2D eigenvalue weighted by Crippen LogP contribution is 2.27. The third-order valence-electron chi connectivity index (χ3n) is 9.05. The van der Waals surface area contributed by atoms with Crippen molar-refractivity contribution in [3.05, 3.63) is 23.8 Å². The van der Waals surface area contributed by atoms with Crippen LogP contribution in [0.1, 0.15) is 168 Å². The van der Waals surface area contributed by atoms with Crippen molar-refractivity contribution in [3.63, 3.8) is 0 Å². The zero-order chi connectivity index (χ0) is 31.1. The highest BCUT2D eigenvalue weighted by Gasteiger charge is 2.33. The first-order valence-corrected chi connectivity index (χ1v) is 18.0. The number of unbranched alkanes of at least 4 members (excludes halogenated alkanes) is 15. The number of ether oxygens (including phenoxy) is 2. The fraction of sp³-hybridized carbons (Fsp3) is 0.838. The van der Waals surface area contributed by atoms with Crippen LogP contribution in [0, 0.1) is 0 Å². The van der Waals surface area contributed by atoms with Gasteiger partial charge in [0.2, 0.25) is 0 Å². The lowest BCUT2D eigenvalue weighted by atomic mass is 10.0. The second kappa shape index (κ2) is 23.8. The van der Waals surface area contributed by atoms with Crippen LogP contribution in [0.3, 0.4) is 0 Å². The maximum Gasteiger partial charge on any atom is 0.334 e. The minimum atomic E-state index is -0.626. The van der Waals surface area contributed by atoms with E-state index in [1.165, 1.54) is 57.8 Å².